The minimum Gasteiger partial charge on any atom is -0.255 e. The van der Waals surface area contributed by atoms with Crippen LogP contribution in [0.5, 0.6) is 0 Å². The molecule has 236 valence electrons. The smallest absolute Gasteiger partial charge is 0.0893 e. The molecule has 0 atom stereocenters. The van der Waals surface area contributed by atoms with E-state index >= 15 is 0 Å². The summed E-state index contributed by atoms with van der Waals surface area (Å²) < 4.78 is 0. The maximum atomic E-state index is 4.99. The van der Waals surface area contributed by atoms with E-state index in [1.165, 1.54) is 77.2 Å². The van der Waals surface area contributed by atoms with Gasteiger partial charge in [0.2, 0.25) is 0 Å². The van der Waals surface area contributed by atoms with Crippen LogP contribution < -0.4 is 0 Å². The summed E-state index contributed by atoms with van der Waals surface area (Å²) in [6, 6.07) is 64.3. The van der Waals surface area contributed by atoms with Crippen LogP contribution in [0.4, 0.5) is 0 Å². The van der Waals surface area contributed by atoms with E-state index in [0.29, 0.717) is 0 Å². The summed E-state index contributed by atoms with van der Waals surface area (Å²) in [6.45, 7) is 0. The number of aromatic nitrogens is 2. The molecule has 0 N–H and O–H groups in total. The first kappa shape index (κ1) is 28.2. The molecule has 51 heavy (non-hydrogen) atoms. The second-order valence-electron chi connectivity index (χ2n) is 13.7. The predicted octanol–water partition coefficient (Wildman–Crippen LogP) is 12.1. The molecule has 2 heteroatoms. The van der Waals surface area contributed by atoms with Gasteiger partial charge in [0.15, 0.2) is 0 Å². The second-order valence-corrected chi connectivity index (χ2v) is 13.7. The highest BCUT2D eigenvalue weighted by Gasteiger charge is 2.52. The number of benzene rings is 7. The summed E-state index contributed by atoms with van der Waals surface area (Å²) in [6.07, 6.45) is 1.81. The largest absolute Gasteiger partial charge is 0.255 e. The quantitative estimate of drug-likeness (QED) is 0.191. The van der Waals surface area contributed by atoms with Gasteiger partial charge in [-0.1, -0.05) is 127 Å². The summed E-state index contributed by atoms with van der Waals surface area (Å²) in [7, 11) is 0. The van der Waals surface area contributed by atoms with Gasteiger partial charge in [-0.05, 0) is 126 Å². The third kappa shape index (κ3) is 3.99. The van der Waals surface area contributed by atoms with Crippen molar-refractivity contribution >= 4 is 21.5 Å². The molecule has 2 aromatic heterocycles. The molecule has 0 saturated heterocycles. The molecule has 2 heterocycles. The van der Waals surface area contributed by atoms with Crippen LogP contribution in [0, 0.1) is 0 Å². The third-order valence-corrected chi connectivity index (χ3v) is 11.1. The van der Waals surface area contributed by atoms with Gasteiger partial charge in [0, 0.05) is 11.8 Å². The molecule has 0 amide bonds. The normalized spacial score (nSPS) is 13.3. The van der Waals surface area contributed by atoms with E-state index in [0.717, 1.165) is 22.6 Å². The lowest BCUT2D eigenvalue weighted by Crippen LogP contribution is -2.26. The highest BCUT2D eigenvalue weighted by Crippen LogP contribution is 2.64. The van der Waals surface area contributed by atoms with Gasteiger partial charge >= 0.3 is 0 Å². The van der Waals surface area contributed by atoms with Gasteiger partial charge in [-0.15, -0.1) is 0 Å². The molecule has 0 radical (unpaired) electrons. The van der Waals surface area contributed by atoms with Crippen LogP contribution in [0.1, 0.15) is 22.3 Å². The maximum absolute atomic E-state index is 4.99. The molecule has 0 bridgehead atoms. The van der Waals surface area contributed by atoms with E-state index in [1.807, 2.05) is 30.5 Å². The standard InChI is InChI=1S/C49H30N2/c1-2-12-33-30-44-41(29-32(33)11-1)40-25-23-35-27-34(31-13-9-14-36(28-31)45-20-10-21-47(51-45)46-19-7-8-26-50-46)22-24-37(35)48(40)49(44)42-17-5-3-15-38(42)39-16-4-6-18-43(39)49/h1-30H. The Morgan fingerprint density at radius 3 is 1.82 bits per heavy atom. The van der Waals surface area contributed by atoms with Gasteiger partial charge in [0.1, 0.15) is 0 Å². The Morgan fingerprint density at radius 2 is 1.02 bits per heavy atom. The Balaban J connectivity index is 1.11. The zero-order valence-electron chi connectivity index (χ0n) is 27.7. The fourth-order valence-electron chi connectivity index (χ4n) is 8.95. The lowest BCUT2D eigenvalue weighted by molar-refractivity contribution is 0.802. The lowest BCUT2D eigenvalue weighted by Gasteiger charge is -2.31. The topological polar surface area (TPSA) is 25.8 Å². The molecule has 9 aromatic rings. The SMILES string of the molecule is c1ccc(-c2cccc(-c3cccc(-c4ccc5c6c(ccc5c4)-c4cc5ccccc5cc4C64c5ccccc5-c5ccccc54)c3)n2)nc1. The first-order chi connectivity index (χ1) is 25.3. The highest BCUT2D eigenvalue weighted by molar-refractivity contribution is 6.06. The molecule has 11 rings (SSSR count). The van der Waals surface area contributed by atoms with Crippen LogP contribution >= 0.6 is 0 Å². The van der Waals surface area contributed by atoms with Crippen LogP contribution in [-0.4, -0.2) is 9.97 Å². The average molecular weight is 647 g/mol. The Bertz CT molecular complexity index is 2820. The van der Waals surface area contributed by atoms with Crippen molar-refractivity contribution in [3.8, 4) is 56.0 Å². The molecule has 1 spiro atoms. The van der Waals surface area contributed by atoms with E-state index in [4.69, 9.17) is 4.98 Å². The number of hydrogen-bond donors (Lipinski definition) is 0. The summed E-state index contributed by atoms with van der Waals surface area (Å²) in [4.78, 5) is 9.51. The summed E-state index contributed by atoms with van der Waals surface area (Å²) >= 11 is 0. The van der Waals surface area contributed by atoms with Crippen molar-refractivity contribution in [2.24, 2.45) is 0 Å². The summed E-state index contributed by atoms with van der Waals surface area (Å²) in [5, 5.41) is 5.08. The lowest BCUT2D eigenvalue weighted by atomic mass is 9.69. The second kappa shape index (κ2) is 10.7. The molecule has 7 aromatic carbocycles. The molecule has 0 fully saturated rings. The van der Waals surface area contributed by atoms with E-state index in [9.17, 15) is 0 Å². The van der Waals surface area contributed by atoms with E-state index < -0.39 is 5.41 Å². The number of rotatable bonds is 3. The molecule has 0 unspecified atom stereocenters. The summed E-state index contributed by atoms with van der Waals surface area (Å²) in [5.74, 6) is 0. The third-order valence-electron chi connectivity index (χ3n) is 11.1. The van der Waals surface area contributed by atoms with Crippen LogP contribution in [-0.2, 0) is 5.41 Å². The van der Waals surface area contributed by atoms with Gasteiger partial charge < -0.3 is 0 Å². The van der Waals surface area contributed by atoms with Gasteiger partial charge in [0.05, 0.1) is 22.5 Å². The minimum absolute atomic E-state index is 0.410. The van der Waals surface area contributed by atoms with Crippen molar-refractivity contribution in [3.63, 3.8) is 0 Å². The van der Waals surface area contributed by atoms with Gasteiger partial charge in [-0.25, -0.2) is 4.98 Å². The monoisotopic (exact) mass is 646 g/mol. The Labute approximate surface area is 296 Å². The van der Waals surface area contributed by atoms with Crippen LogP contribution in [0.25, 0.3) is 77.6 Å². The van der Waals surface area contributed by atoms with Crippen molar-refractivity contribution in [1.29, 1.82) is 0 Å². The predicted molar refractivity (Wildman–Crippen MR) is 210 cm³/mol. The Kier molecular flexibility index (Phi) is 5.91. The number of pyridine rings is 2. The Hall–Kier alpha value is -6.64. The maximum Gasteiger partial charge on any atom is 0.0893 e. The molecule has 2 nitrogen and oxygen atoms in total. The van der Waals surface area contributed by atoms with E-state index in [2.05, 4.69) is 157 Å². The van der Waals surface area contributed by atoms with Crippen molar-refractivity contribution in [2.45, 2.75) is 5.41 Å². The van der Waals surface area contributed by atoms with Crippen molar-refractivity contribution < 1.29 is 0 Å². The number of nitrogens with zero attached hydrogens (tertiary/aromatic N) is 2. The zero-order valence-corrected chi connectivity index (χ0v) is 27.7. The van der Waals surface area contributed by atoms with Crippen molar-refractivity contribution in [2.75, 3.05) is 0 Å². The number of hydrogen-bond acceptors (Lipinski definition) is 2. The molecule has 2 aliphatic carbocycles. The van der Waals surface area contributed by atoms with Gasteiger partial charge in [-0.2, -0.15) is 0 Å². The van der Waals surface area contributed by atoms with E-state index in [1.54, 1.807) is 0 Å². The van der Waals surface area contributed by atoms with Crippen molar-refractivity contribution in [1.82, 2.24) is 9.97 Å². The number of fused-ring (bicyclic) bond motifs is 13. The average Bonchev–Trinajstić information content (AvgIpc) is 3.67. The van der Waals surface area contributed by atoms with Crippen LogP contribution in [0.15, 0.2) is 182 Å². The zero-order chi connectivity index (χ0) is 33.5. The fourth-order valence-corrected chi connectivity index (χ4v) is 8.95. The van der Waals surface area contributed by atoms with Gasteiger partial charge in [-0.3, -0.25) is 4.98 Å². The van der Waals surface area contributed by atoms with Crippen LogP contribution in [0.2, 0.25) is 0 Å². The van der Waals surface area contributed by atoms with Gasteiger partial charge in [0.25, 0.3) is 0 Å². The van der Waals surface area contributed by atoms with Crippen LogP contribution in [0.3, 0.4) is 0 Å². The Morgan fingerprint density at radius 1 is 0.353 bits per heavy atom. The molecule has 0 aliphatic heterocycles. The highest BCUT2D eigenvalue weighted by atomic mass is 14.8. The molecular weight excluding hydrogens is 617 g/mol. The first-order valence-electron chi connectivity index (χ1n) is 17.6. The first-order valence-corrected chi connectivity index (χ1v) is 17.6. The molecular formula is C49H30N2. The molecule has 0 saturated carbocycles. The fraction of sp³-hybridized carbons (Fsp3) is 0.0204. The van der Waals surface area contributed by atoms with E-state index in [-0.39, 0.29) is 0 Å². The minimum atomic E-state index is -0.410. The summed E-state index contributed by atoms with van der Waals surface area (Å²) in [5.41, 5.74) is 16.5. The van der Waals surface area contributed by atoms with Crippen molar-refractivity contribution in [3.05, 3.63) is 204 Å². The molecule has 2 aliphatic rings.